The minimum atomic E-state index is -0.574. The molecule has 138 valence electrons. The number of nitrogens with zero attached hydrogens (tertiary/aromatic N) is 1. The Balaban J connectivity index is 2.36. The summed E-state index contributed by atoms with van der Waals surface area (Å²) in [6.07, 6.45) is 5.35. The number of amides is 2. The molecule has 1 atom stereocenters. The number of nitrogens with one attached hydrogen (secondary N) is 2. The maximum absolute atomic E-state index is 12.7. The van der Waals surface area contributed by atoms with E-state index in [1.54, 1.807) is 4.57 Å². The third kappa shape index (κ3) is 4.70. The summed E-state index contributed by atoms with van der Waals surface area (Å²) in [6, 6.07) is 3.85. The molecule has 7 heteroatoms. The third-order valence-corrected chi connectivity index (χ3v) is 4.92. The first kappa shape index (κ1) is 19.7. The van der Waals surface area contributed by atoms with Crippen molar-refractivity contribution < 1.29 is 9.59 Å². The van der Waals surface area contributed by atoms with Crippen molar-refractivity contribution in [2.75, 3.05) is 6.54 Å². The van der Waals surface area contributed by atoms with Crippen LogP contribution in [0.5, 0.6) is 0 Å². The van der Waals surface area contributed by atoms with E-state index >= 15 is 0 Å². The number of pyridine rings is 1. The molecule has 0 spiro atoms. The molecule has 1 unspecified atom stereocenters. The average Bonchev–Trinajstić information content (AvgIpc) is 3.17. The lowest BCUT2D eigenvalue weighted by atomic mass is 10.1. The Hall–Kier alpha value is -2.67. The zero-order valence-electron chi connectivity index (χ0n) is 15.0. The monoisotopic (exact) mass is 373 g/mol. The Morgan fingerprint density at radius 3 is 2.46 bits per heavy atom. The highest BCUT2D eigenvalue weighted by Gasteiger charge is 2.20. The zero-order chi connectivity index (χ0) is 19.1. The summed E-state index contributed by atoms with van der Waals surface area (Å²) in [4.78, 5) is 38.5. The molecule has 0 radical (unpaired) electrons. The number of aromatic nitrogens is 1. The minimum Gasteiger partial charge on any atom is -0.350 e. The average molecular weight is 373 g/mol. The summed E-state index contributed by atoms with van der Waals surface area (Å²) >= 11 is 1.52. The first-order valence-corrected chi connectivity index (χ1v) is 9.31. The number of thiophene rings is 1. The van der Waals surface area contributed by atoms with Crippen molar-refractivity contribution in [2.24, 2.45) is 0 Å². The number of carbonyl (C=O) groups is 2. The smallest absolute Gasteiger partial charge is 0.257 e. The van der Waals surface area contributed by atoms with Crippen molar-refractivity contribution in [1.82, 2.24) is 15.2 Å². The van der Waals surface area contributed by atoms with Crippen molar-refractivity contribution in [1.29, 1.82) is 0 Å². The van der Waals surface area contributed by atoms with Crippen LogP contribution in [-0.4, -0.2) is 22.9 Å². The van der Waals surface area contributed by atoms with Crippen LogP contribution in [-0.2, 0) is 6.54 Å². The highest BCUT2D eigenvalue weighted by Crippen LogP contribution is 2.12. The van der Waals surface area contributed by atoms with Gasteiger partial charge in [-0.3, -0.25) is 14.4 Å². The van der Waals surface area contributed by atoms with Crippen LogP contribution in [0.2, 0.25) is 0 Å². The Kier molecular flexibility index (Phi) is 6.91. The summed E-state index contributed by atoms with van der Waals surface area (Å²) in [5, 5.41) is 7.26. The second-order valence-corrected chi connectivity index (χ2v) is 6.91. The number of carbonyl (C=O) groups excluding carboxylic acids is 2. The van der Waals surface area contributed by atoms with E-state index in [9.17, 15) is 14.4 Å². The SMILES string of the molecule is C=CCNC(=O)c1cn(C(C)CC)cc(C(=O)NCc2cccs2)c1=O. The van der Waals surface area contributed by atoms with Crippen molar-refractivity contribution in [3.05, 3.63) is 68.8 Å². The van der Waals surface area contributed by atoms with Gasteiger partial charge in [0.25, 0.3) is 11.8 Å². The van der Waals surface area contributed by atoms with Gasteiger partial charge in [0, 0.05) is 29.9 Å². The lowest BCUT2D eigenvalue weighted by Gasteiger charge is -2.17. The summed E-state index contributed by atoms with van der Waals surface area (Å²) in [7, 11) is 0. The van der Waals surface area contributed by atoms with E-state index in [4.69, 9.17) is 0 Å². The summed E-state index contributed by atoms with van der Waals surface area (Å²) < 4.78 is 1.74. The van der Waals surface area contributed by atoms with Crippen LogP contribution < -0.4 is 16.1 Å². The highest BCUT2D eigenvalue weighted by atomic mass is 32.1. The molecule has 2 rings (SSSR count). The van der Waals surface area contributed by atoms with Gasteiger partial charge in [-0.25, -0.2) is 0 Å². The first-order valence-electron chi connectivity index (χ1n) is 8.43. The molecule has 0 aliphatic rings. The molecule has 6 nitrogen and oxygen atoms in total. The maximum atomic E-state index is 12.7. The van der Waals surface area contributed by atoms with E-state index in [2.05, 4.69) is 17.2 Å². The minimum absolute atomic E-state index is 0.0342. The van der Waals surface area contributed by atoms with Gasteiger partial charge in [0.15, 0.2) is 0 Å². The zero-order valence-corrected chi connectivity index (χ0v) is 15.8. The molecule has 2 heterocycles. The van der Waals surface area contributed by atoms with Gasteiger partial charge in [-0.15, -0.1) is 17.9 Å². The fourth-order valence-electron chi connectivity index (χ4n) is 2.32. The third-order valence-electron chi connectivity index (χ3n) is 4.04. The highest BCUT2D eigenvalue weighted by molar-refractivity contribution is 7.09. The van der Waals surface area contributed by atoms with Gasteiger partial charge < -0.3 is 15.2 Å². The molecule has 0 bridgehead atoms. The van der Waals surface area contributed by atoms with Crippen molar-refractivity contribution >= 4 is 23.2 Å². The van der Waals surface area contributed by atoms with Crippen molar-refractivity contribution in [3.8, 4) is 0 Å². The van der Waals surface area contributed by atoms with Gasteiger partial charge in [-0.1, -0.05) is 19.1 Å². The molecule has 0 saturated carbocycles. The lowest BCUT2D eigenvalue weighted by Crippen LogP contribution is -2.35. The molecule has 0 aliphatic carbocycles. The topological polar surface area (TPSA) is 80.2 Å². The van der Waals surface area contributed by atoms with E-state index < -0.39 is 17.2 Å². The molecular formula is C19H23N3O3S. The largest absolute Gasteiger partial charge is 0.350 e. The van der Waals surface area contributed by atoms with E-state index in [1.165, 1.54) is 29.8 Å². The summed E-state index contributed by atoms with van der Waals surface area (Å²) in [5.74, 6) is -1.00. The number of hydrogen-bond acceptors (Lipinski definition) is 4. The summed E-state index contributed by atoms with van der Waals surface area (Å²) in [6.45, 7) is 8.09. The molecule has 2 N–H and O–H groups in total. The molecule has 0 saturated heterocycles. The van der Waals surface area contributed by atoms with Crippen LogP contribution in [0.1, 0.15) is 51.9 Å². The Morgan fingerprint density at radius 2 is 1.92 bits per heavy atom. The molecular weight excluding hydrogens is 350 g/mol. The van der Waals surface area contributed by atoms with Crippen LogP contribution in [0.3, 0.4) is 0 Å². The van der Waals surface area contributed by atoms with Gasteiger partial charge >= 0.3 is 0 Å². The predicted octanol–water partition coefficient (Wildman–Crippen LogP) is 2.73. The van der Waals surface area contributed by atoms with Gasteiger partial charge in [-0.2, -0.15) is 0 Å². The molecule has 0 aliphatic heterocycles. The van der Waals surface area contributed by atoms with Crippen LogP contribution in [0, 0.1) is 0 Å². The molecule has 0 fully saturated rings. The van der Waals surface area contributed by atoms with E-state index in [1.807, 2.05) is 31.4 Å². The quantitative estimate of drug-likeness (QED) is 0.698. The molecule has 26 heavy (non-hydrogen) atoms. The first-order chi connectivity index (χ1) is 12.5. The van der Waals surface area contributed by atoms with Crippen LogP contribution in [0.4, 0.5) is 0 Å². The second-order valence-electron chi connectivity index (χ2n) is 5.88. The van der Waals surface area contributed by atoms with Crippen LogP contribution in [0.25, 0.3) is 0 Å². The van der Waals surface area contributed by atoms with Crippen molar-refractivity contribution in [3.63, 3.8) is 0 Å². The predicted molar refractivity (Wildman–Crippen MR) is 104 cm³/mol. The lowest BCUT2D eigenvalue weighted by molar-refractivity contribution is 0.0949. The van der Waals surface area contributed by atoms with E-state index in [0.717, 1.165) is 11.3 Å². The Labute approximate surface area is 156 Å². The Morgan fingerprint density at radius 1 is 1.27 bits per heavy atom. The maximum Gasteiger partial charge on any atom is 0.257 e. The molecule has 2 aromatic heterocycles. The van der Waals surface area contributed by atoms with Gasteiger partial charge in [0.2, 0.25) is 5.43 Å². The van der Waals surface area contributed by atoms with Gasteiger partial charge in [0.1, 0.15) is 11.1 Å². The molecule has 2 aromatic rings. The second kappa shape index (κ2) is 9.15. The Bertz CT molecular complexity index is 840. The fraction of sp³-hybridized carbons (Fsp3) is 0.316. The van der Waals surface area contributed by atoms with Crippen molar-refractivity contribution in [2.45, 2.75) is 32.9 Å². The van der Waals surface area contributed by atoms with E-state index in [0.29, 0.717) is 6.54 Å². The molecule has 0 aromatic carbocycles. The van der Waals surface area contributed by atoms with Gasteiger partial charge in [-0.05, 0) is 24.8 Å². The fourth-order valence-corrected chi connectivity index (χ4v) is 2.97. The van der Waals surface area contributed by atoms with Crippen LogP contribution >= 0.6 is 11.3 Å². The van der Waals surface area contributed by atoms with E-state index in [-0.39, 0.29) is 23.7 Å². The molecule has 2 amide bonds. The number of rotatable bonds is 8. The van der Waals surface area contributed by atoms with Crippen LogP contribution in [0.15, 0.2) is 47.4 Å². The normalized spacial score (nSPS) is 11.6. The van der Waals surface area contributed by atoms with Gasteiger partial charge in [0.05, 0.1) is 6.54 Å². The standard InChI is InChI=1S/C19H23N3O3S/c1-4-8-20-18(24)15-11-22(13(3)5-2)12-16(17(15)23)19(25)21-10-14-7-6-9-26-14/h4,6-7,9,11-13H,1,5,8,10H2,2-3H3,(H,20,24)(H,21,25). The summed E-state index contributed by atoms with van der Waals surface area (Å²) in [5.41, 5.74) is -0.654. The number of hydrogen-bond donors (Lipinski definition) is 2.